The summed E-state index contributed by atoms with van der Waals surface area (Å²) in [6.07, 6.45) is 0. The number of aryl methyl sites for hydroxylation is 2. The van der Waals surface area contributed by atoms with Crippen molar-refractivity contribution in [1.29, 1.82) is 0 Å². The van der Waals surface area contributed by atoms with Gasteiger partial charge in [0.1, 0.15) is 5.78 Å². The Morgan fingerprint density at radius 3 is 2.55 bits per heavy atom. The molecule has 0 spiro atoms. The monoisotopic (exact) mass is 298 g/mol. The molecule has 0 saturated heterocycles. The minimum atomic E-state index is -0.750. The molecule has 2 aliphatic rings. The fraction of sp³-hybridized carbons (Fsp3) is 0.267. The first-order chi connectivity index (χ1) is 10.4. The first-order valence-corrected chi connectivity index (χ1v) is 6.78. The number of ketones is 1. The van der Waals surface area contributed by atoms with Gasteiger partial charge >= 0.3 is 5.69 Å². The van der Waals surface area contributed by atoms with Gasteiger partial charge in [-0.2, -0.15) is 4.98 Å². The average molecular weight is 298 g/mol. The molecule has 7 nitrogen and oxygen atoms in total. The maximum Gasteiger partial charge on any atom is 0.349 e. The standard InChI is InChI=1S/C15H14N4O3/c1-7-4-10-11(5-8(7)2)19(6-9(3)20)13-12(16-10)14(21)18-15(22)17-13/h4-5H,6H2,1-3H3,(H,18,21,22). The van der Waals surface area contributed by atoms with Crippen LogP contribution in [0.3, 0.4) is 0 Å². The highest BCUT2D eigenvalue weighted by atomic mass is 16.2. The summed E-state index contributed by atoms with van der Waals surface area (Å²) in [5, 5.41) is 0. The molecule has 3 rings (SSSR count). The minimum absolute atomic E-state index is 0.0217. The van der Waals surface area contributed by atoms with E-state index in [1.807, 2.05) is 26.0 Å². The molecule has 2 aliphatic heterocycles. The molecule has 0 amide bonds. The molecular weight excluding hydrogens is 284 g/mol. The van der Waals surface area contributed by atoms with Crippen LogP contribution in [0.5, 0.6) is 0 Å². The summed E-state index contributed by atoms with van der Waals surface area (Å²) >= 11 is 0. The Labute approximate surface area is 125 Å². The van der Waals surface area contributed by atoms with Crippen molar-refractivity contribution in [3.8, 4) is 11.5 Å². The van der Waals surface area contributed by atoms with Crippen LogP contribution in [0.15, 0.2) is 21.7 Å². The van der Waals surface area contributed by atoms with Gasteiger partial charge in [-0.1, -0.05) is 0 Å². The zero-order chi connectivity index (χ0) is 16.0. The van der Waals surface area contributed by atoms with E-state index in [0.29, 0.717) is 11.0 Å². The Morgan fingerprint density at radius 2 is 1.86 bits per heavy atom. The summed E-state index contributed by atoms with van der Waals surface area (Å²) in [6.45, 7) is 5.35. The summed E-state index contributed by atoms with van der Waals surface area (Å²) in [6, 6.07) is 3.73. The number of aromatic nitrogens is 4. The molecular formula is C15H14N4O3. The second-order valence-electron chi connectivity index (χ2n) is 5.37. The van der Waals surface area contributed by atoms with E-state index in [4.69, 9.17) is 0 Å². The molecule has 2 heterocycles. The highest BCUT2D eigenvalue weighted by molar-refractivity contribution is 5.84. The number of H-pyrrole nitrogens is 1. The van der Waals surface area contributed by atoms with Crippen LogP contribution < -0.4 is 11.2 Å². The van der Waals surface area contributed by atoms with Crippen molar-refractivity contribution in [3.63, 3.8) is 0 Å². The van der Waals surface area contributed by atoms with E-state index >= 15 is 0 Å². The molecule has 1 aromatic carbocycles. The lowest BCUT2D eigenvalue weighted by molar-refractivity contribution is -0.117. The van der Waals surface area contributed by atoms with Crippen LogP contribution in [0.25, 0.3) is 22.6 Å². The molecule has 0 unspecified atom stereocenters. The summed E-state index contributed by atoms with van der Waals surface area (Å²) < 4.78 is 1.57. The third-order valence-electron chi connectivity index (χ3n) is 3.61. The first kappa shape index (κ1) is 14.1. The molecule has 1 aromatic rings. The average Bonchev–Trinajstić information content (AvgIpc) is 2.41. The van der Waals surface area contributed by atoms with Gasteiger partial charge in [-0.25, -0.2) is 9.78 Å². The van der Waals surface area contributed by atoms with Crippen molar-refractivity contribution in [3.05, 3.63) is 44.1 Å². The minimum Gasteiger partial charge on any atom is -0.315 e. The number of Topliss-reactive ketones (excluding diaryl/α,β-unsaturated/α-hetero) is 1. The van der Waals surface area contributed by atoms with Crippen LogP contribution in [0.1, 0.15) is 18.1 Å². The molecule has 0 bridgehead atoms. The number of aromatic amines is 1. The van der Waals surface area contributed by atoms with Gasteiger partial charge in [0, 0.05) is 0 Å². The molecule has 0 atom stereocenters. The summed E-state index contributed by atoms with van der Waals surface area (Å²) in [5.41, 5.74) is 2.01. The van der Waals surface area contributed by atoms with Crippen molar-refractivity contribution < 1.29 is 4.79 Å². The van der Waals surface area contributed by atoms with Gasteiger partial charge in [0.2, 0.25) is 0 Å². The Balaban J connectivity index is 2.55. The Kier molecular flexibility index (Phi) is 3.13. The van der Waals surface area contributed by atoms with Crippen LogP contribution in [0.4, 0.5) is 0 Å². The highest BCUT2D eigenvalue weighted by Crippen LogP contribution is 2.23. The second-order valence-corrected chi connectivity index (χ2v) is 5.37. The lowest BCUT2D eigenvalue weighted by Gasteiger charge is -2.16. The predicted molar refractivity (Wildman–Crippen MR) is 81.2 cm³/mol. The third-order valence-corrected chi connectivity index (χ3v) is 3.61. The molecule has 22 heavy (non-hydrogen) atoms. The highest BCUT2D eigenvalue weighted by Gasteiger charge is 2.19. The number of fused-ring (bicyclic) bond motifs is 2. The van der Waals surface area contributed by atoms with Crippen LogP contribution in [0.2, 0.25) is 0 Å². The molecule has 112 valence electrons. The second kappa shape index (κ2) is 4.87. The summed E-state index contributed by atoms with van der Waals surface area (Å²) in [5.74, 6) is 0.0197. The zero-order valence-electron chi connectivity index (χ0n) is 12.4. The SMILES string of the molecule is CC(=O)Cn1c2nc(=O)[nH]c(=O)c-2nc2cc(C)c(C)cc21. The summed E-state index contributed by atoms with van der Waals surface area (Å²) in [4.78, 5) is 45.3. The lowest BCUT2D eigenvalue weighted by atomic mass is 10.1. The van der Waals surface area contributed by atoms with Crippen molar-refractivity contribution in [1.82, 2.24) is 19.5 Å². The maximum atomic E-state index is 12.0. The quantitative estimate of drug-likeness (QED) is 0.705. The van der Waals surface area contributed by atoms with E-state index in [1.54, 1.807) is 4.57 Å². The van der Waals surface area contributed by atoms with E-state index < -0.39 is 11.2 Å². The molecule has 1 N–H and O–H groups in total. The normalized spacial score (nSPS) is 11.2. The van der Waals surface area contributed by atoms with E-state index in [-0.39, 0.29) is 23.8 Å². The lowest BCUT2D eigenvalue weighted by Crippen LogP contribution is -2.29. The van der Waals surface area contributed by atoms with Gasteiger partial charge in [-0.3, -0.25) is 14.6 Å². The predicted octanol–water partition coefficient (Wildman–Crippen LogP) is 0.790. The maximum absolute atomic E-state index is 12.0. The van der Waals surface area contributed by atoms with Gasteiger partial charge < -0.3 is 4.57 Å². The number of carbonyl (C=O) groups is 1. The van der Waals surface area contributed by atoms with Crippen LogP contribution >= 0.6 is 0 Å². The van der Waals surface area contributed by atoms with Gasteiger partial charge in [-0.15, -0.1) is 0 Å². The fourth-order valence-electron chi connectivity index (χ4n) is 2.43. The summed E-state index contributed by atoms with van der Waals surface area (Å²) in [7, 11) is 0. The number of benzene rings is 1. The van der Waals surface area contributed by atoms with E-state index in [0.717, 1.165) is 11.1 Å². The van der Waals surface area contributed by atoms with Gasteiger partial charge in [0.15, 0.2) is 11.5 Å². The number of nitrogens with one attached hydrogen (secondary N) is 1. The zero-order valence-corrected chi connectivity index (χ0v) is 12.4. The number of rotatable bonds is 2. The molecule has 0 radical (unpaired) electrons. The van der Waals surface area contributed by atoms with Crippen LogP contribution in [-0.2, 0) is 11.3 Å². The number of carbonyl (C=O) groups excluding carboxylic acids is 1. The molecule has 0 fully saturated rings. The third kappa shape index (κ3) is 2.20. The Bertz CT molecular complexity index is 1000. The molecule has 0 aromatic heterocycles. The van der Waals surface area contributed by atoms with E-state index in [9.17, 15) is 14.4 Å². The largest absolute Gasteiger partial charge is 0.349 e. The smallest absolute Gasteiger partial charge is 0.315 e. The number of hydrogen-bond acceptors (Lipinski definition) is 5. The van der Waals surface area contributed by atoms with Crippen molar-refractivity contribution in [2.75, 3.05) is 0 Å². The van der Waals surface area contributed by atoms with Crippen molar-refractivity contribution in [2.24, 2.45) is 0 Å². The van der Waals surface area contributed by atoms with E-state index in [1.165, 1.54) is 6.92 Å². The van der Waals surface area contributed by atoms with Crippen molar-refractivity contribution in [2.45, 2.75) is 27.3 Å². The Hall–Kier alpha value is -2.83. The van der Waals surface area contributed by atoms with Gasteiger partial charge in [-0.05, 0) is 44.0 Å². The number of nitrogens with zero attached hydrogens (tertiary/aromatic N) is 3. The van der Waals surface area contributed by atoms with Crippen molar-refractivity contribution >= 4 is 16.8 Å². The van der Waals surface area contributed by atoms with Gasteiger partial charge in [0.05, 0.1) is 17.6 Å². The topological polar surface area (TPSA) is 97.7 Å². The molecule has 0 aliphatic carbocycles. The first-order valence-electron chi connectivity index (χ1n) is 6.78. The van der Waals surface area contributed by atoms with Crippen LogP contribution in [0, 0.1) is 13.8 Å². The molecule has 7 heteroatoms. The van der Waals surface area contributed by atoms with Crippen LogP contribution in [-0.4, -0.2) is 25.3 Å². The Morgan fingerprint density at radius 1 is 1.18 bits per heavy atom. The molecule has 0 saturated carbocycles. The fourth-order valence-corrected chi connectivity index (χ4v) is 2.43. The van der Waals surface area contributed by atoms with Gasteiger partial charge in [0.25, 0.3) is 5.56 Å². The van der Waals surface area contributed by atoms with E-state index in [2.05, 4.69) is 15.0 Å². The number of hydrogen-bond donors (Lipinski definition) is 1.